The summed E-state index contributed by atoms with van der Waals surface area (Å²) in [5.74, 6) is -1.16. The molecule has 0 saturated carbocycles. The van der Waals surface area contributed by atoms with Crippen molar-refractivity contribution in [3.8, 4) is 11.5 Å². The Balaban J connectivity index is 1.69. The molecule has 1 N–H and O–H groups in total. The summed E-state index contributed by atoms with van der Waals surface area (Å²) in [6, 6.07) is 10.2. The van der Waals surface area contributed by atoms with E-state index in [1.807, 2.05) is 0 Å². The van der Waals surface area contributed by atoms with Gasteiger partial charge in [-0.1, -0.05) is 12.1 Å². The molecule has 1 heterocycles. The third kappa shape index (κ3) is 5.09. The first kappa shape index (κ1) is 22.4. The Bertz CT molecular complexity index is 1190. The van der Waals surface area contributed by atoms with Crippen LogP contribution in [0.5, 0.6) is 0 Å². The maximum Gasteiger partial charge on any atom is 0.416 e. The minimum Gasteiger partial charge on any atom is -0.412 e. The number of hydrogen-bond donors (Lipinski definition) is 1. The zero-order chi connectivity index (χ0) is 22.8. The van der Waals surface area contributed by atoms with Crippen LogP contribution in [0.2, 0.25) is 0 Å². The monoisotopic (exact) mass is 454 g/mol. The molecule has 31 heavy (non-hydrogen) atoms. The molecule has 0 fully saturated rings. The van der Waals surface area contributed by atoms with Gasteiger partial charge in [0.15, 0.2) is 0 Å². The molecular weight excluding hydrogens is 437 g/mol. The Hall–Kier alpha value is -3.25. The summed E-state index contributed by atoms with van der Waals surface area (Å²) in [6.45, 7) is -0.169. The highest BCUT2D eigenvalue weighted by Gasteiger charge is 2.30. The predicted octanol–water partition coefficient (Wildman–Crippen LogP) is 2.94. The molecule has 2 aromatic carbocycles. The number of hydrogen-bond acceptors (Lipinski definition) is 6. The van der Waals surface area contributed by atoms with E-state index in [2.05, 4.69) is 15.5 Å². The molecule has 0 aliphatic heterocycles. The quantitative estimate of drug-likeness (QED) is 0.614. The minimum absolute atomic E-state index is 0.0157. The number of aromatic nitrogens is 2. The number of rotatable bonds is 6. The zero-order valence-corrected chi connectivity index (χ0v) is 17.2. The molecule has 0 bridgehead atoms. The fraction of sp³-hybridized carbons (Fsp3) is 0.211. The van der Waals surface area contributed by atoms with Gasteiger partial charge in [0.2, 0.25) is 15.9 Å². The lowest BCUT2D eigenvalue weighted by atomic mass is 10.1. The molecule has 0 aliphatic carbocycles. The minimum atomic E-state index is -4.48. The summed E-state index contributed by atoms with van der Waals surface area (Å²) in [5, 5.41) is 9.79. The number of nitrogens with one attached hydrogen (secondary N) is 1. The topological polar surface area (TPSA) is 105 Å². The van der Waals surface area contributed by atoms with Crippen LogP contribution in [0.3, 0.4) is 0 Å². The average Bonchev–Trinajstić information content (AvgIpc) is 3.22. The highest BCUT2D eigenvalue weighted by atomic mass is 32.2. The van der Waals surface area contributed by atoms with Gasteiger partial charge in [-0.15, -0.1) is 10.2 Å². The lowest BCUT2D eigenvalue weighted by molar-refractivity contribution is -0.137. The summed E-state index contributed by atoms with van der Waals surface area (Å²) < 4.78 is 68.9. The second-order valence-corrected chi connectivity index (χ2v) is 8.76. The van der Waals surface area contributed by atoms with Crippen molar-refractivity contribution in [2.45, 2.75) is 17.6 Å². The molecule has 8 nitrogen and oxygen atoms in total. The molecule has 164 valence electrons. The van der Waals surface area contributed by atoms with Crippen molar-refractivity contribution in [3.63, 3.8) is 0 Å². The average molecular weight is 454 g/mol. The summed E-state index contributed by atoms with van der Waals surface area (Å²) in [7, 11) is -0.782. The second kappa shape index (κ2) is 8.47. The third-order valence-electron chi connectivity index (χ3n) is 4.21. The van der Waals surface area contributed by atoms with Crippen molar-refractivity contribution < 1.29 is 30.8 Å². The zero-order valence-electron chi connectivity index (χ0n) is 16.3. The van der Waals surface area contributed by atoms with Crippen molar-refractivity contribution in [1.82, 2.24) is 19.8 Å². The highest BCUT2D eigenvalue weighted by Crippen LogP contribution is 2.29. The van der Waals surface area contributed by atoms with Gasteiger partial charge in [-0.25, -0.2) is 12.7 Å². The maximum absolute atomic E-state index is 12.8. The van der Waals surface area contributed by atoms with E-state index in [-0.39, 0.29) is 28.8 Å². The second-order valence-electron chi connectivity index (χ2n) is 6.60. The van der Waals surface area contributed by atoms with Crippen LogP contribution in [-0.4, -0.2) is 42.9 Å². The van der Waals surface area contributed by atoms with Crippen LogP contribution in [0.15, 0.2) is 57.8 Å². The lowest BCUT2D eigenvalue weighted by Gasteiger charge is -2.11. The standard InChI is InChI=1S/C19H17F3N4O4S/c1-26(2)31(28,29)15-8-6-13(7-9-15)17-24-25-18(30-17)16(27)23-11-12-4-3-5-14(10-12)19(20,21)22/h3-10H,11H2,1-2H3,(H,23,27). The third-order valence-corrected chi connectivity index (χ3v) is 6.04. The summed E-state index contributed by atoms with van der Waals surface area (Å²) >= 11 is 0. The summed E-state index contributed by atoms with van der Waals surface area (Å²) in [4.78, 5) is 12.3. The smallest absolute Gasteiger partial charge is 0.412 e. The van der Waals surface area contributed by atoms with Gasteiger partial charge in [0, 0.05) is 26.2 Å². The molecule has 0 unspecified atom stereocenters. The number of sulfonamides is 1. The molecule has 12 heteroatoms. The first-order valence-electron chi connectivity index (χ1n) is 8.79. The fourth-order valence-electron chi connectivity index (χ4n) is 2.53. The normalized spacial score (nSPS) is 12.2. The molecule has 0 saturated heterocycles. The van der Waals surface area contributed by atoms with Crippen molar-refractivity contribution in [1.29, 1.82) is 0 Å². The van der Waals surface area contributed by atoms with Gasteiger partial charge in [0.05, 0.1) is 10.5 Å². The number of carbonyl (C=O) groups excluding carboxylic acids is 1. The predicted molar refractivity (Wildman–Crippen MR) is 103 cm³/mol. The van der Waals surface area contributed by atoms with E-state index in [1.54, 1.807) is 0 Å². The van der Waals surface area contributed by atoms with E-state index in [9.17, 15) is 26.4 Å². The van der Waals surface area contributed by atoms with Crippen molar-refractivity contribution in [2.24, 2.45) is 0 Å². The number of amides is 1. The van der Waals surface area contributed by atoms with E-state index in [0.717, 1.165) is 16.4 Å². The van der Waals surface area contributed by atoms with Gasteiger partial charge < -0.3 is 9.73 Å². The molecule has 0 spiro atoms. The van der Waals surface area contributed by atoms with E-state index >= 15 is 0 Å². The van der Waals surface area contributed by atoms with Crippen LogP contribution in [0.25, 0.3) is 11.5 Å². The number of carbonyl (C=O) groups is 1. The van der Waals surface area contributed by atoms with E-state index < -0.39 is 27.7 Å². The lowest BCUT2D eigenvalue weighted by Crippen LogP contribution is -2.23. The van der Waals surface area contributed by atoms with E-state index in [4.69, 9.17) is 4.42 Å². The fourth-order valence-corrected chi connectivity index (χ4v) is 3.43. The van der Waals surface area contributed by atoms with Crippen molar-refractivity contribution >= 4 is 15.9 Å². The Morgan fingerprint density at radius 3 is 2.39 bits per heavy atom. The molecule has 0 radical (unpaired) electrons. The molecule has 1 aromatic heterocycles. The Morgan fingerprint density at radius 1 is 1.10 bits per heavy atom. The van der Waals surface area contributed by atoms with Crippen LogP contribution in [0.4, 0.5) is 13.2 Å². The van der Waals surface area contributed by atoms with Gasteiger partial charge in [0.1, 0.15) is 0 Å². The molecule has 0 aliphatic rings. The first-order chi connectivity index (χ1) is 14.5. The molecule has 1 amide bonds. The number of halogens is 3. The van der Waals surface area contributed by atoms with Gasteiger partial charge in [-0.2, -0.15) is 13.2 Å². The van der Waals surface area contributed by atoms with Crippen LogP contribution in [0.1, 0.15) is 21.8 Å². The van der Waals surface area contributed by atoms with Crippen LogP contribution >= 0.6 is 0 Å². The molecule has 3 rings (SSSR count). The Labute approximate surface area is 175 Å². The summed E-state index contributed by atoms with van der Waals surface area (Å²) in [5.41, 5.74) is -0.179. The van der Waals surface area contributed by atoms with E-state index in [0.29, 0.717) is 5.56 Å². The number of benzene rings is 2. The van der Waals surface area contributed by atoms with Crippen LogP contribution in [-0.2, 0) is 22.7 Å². The summed E-state index contributed by atoms with van der Waals surface area (Å²) in [6.07, 6.45) is -4.48. The molecule has 3 aromatic rings. The van der Waals surface area contributed by atoms with E-state index in [1.165, 1.54) is 50.5 Å². The number of nitrogens with zero attached hydrogens (tertiary/aromatic N) is 3. The highest BCUT2D eigenvalue weighted by molar-refractivity contribution is 7.89. The Kier molecular flexibility index (Phi) is 6.13. The van der Waals surface area contributed by atoms with Crippen molar-refractivity contribution in [2.75, 3.05) is 14.1 Å². The van der Waals surface area contributed by atoms with Gasteiger partial charge in [0.25, 0.3) is 0 Å². The van der Waals surface area contributed by atoms with Crippen LogP contribution < -0.4 is 5.32 Å². The van der Waals surface area contributed by atoms with Crippen LogP contribution in [0, 0.1) is 0 Å². The number of alkyl halides is 3. The maximum atomic E-state index is 12.8. The van der Waals surface area contributed by atoms with Gasteiger partial charge in [-0.3, -0.25) is 4.79 Å². The van der Waals surface area contributed by atoms with Crippen molar-refractivity contribution in [3.05, 3.63) is 65.5 Å². The Morgan fingerprint density at radius 2 is 1.77 bits per heavy atom. The molecule has 0 atom stereocenters. The first-order valence-corrected chi connectivity index (χ1v) is 10.2. The molecular formula is C19H17F3N4O4S. The van der Waals surface area contributed by atoms with Gasteiger partial charge >= 0.3 is 18.0 Å². The largest absolute Gasteiger partial charge is 0.416 e. The van der Waals surface area contributed by atoms with Gasteiger partial charge in [-0.05, 0) is 42.0 Å². The SMILES string of the molecule is CN(C)S(=O)(=O)c1ccc(-c2nnc(C(=O)NCc3cccc(C(F)(F)F)c3)o2)cc1.